The van der Waals surface area contributed by atoms with Crippen LogP contribution >= 0.6 is 15.9 Å². The van der Waals surface area contributed by atoms with Gasteiger partial charge in [0, 0.05) is 36.1 Å². The van der Waals surface area contributed by atoms with E-state index in [0.717, 1.165) is 27.8 Å². The van der Waals surface area contributed by atoms with E-state index >= 15 is 0 Å². The fourth-order valence-corrected chi connectivity index (χ4v) is 5.18. The normalized spacial score (nSPS) is 13.8. The van der Waals surface area contributed by atoms with Crippen molar-refractivity contribution in [2.24, 2.45) is 0 Å². The summed E-state index contributed by atoms with van der Waals surface area (Å²) in [6, 6.07) is 24.8. The lowest BCUT2D eigenvalue weighted by atomic mass is 9.97. The molecule has 0 spiro atoms. The first-order valence-electron chi connectivity index (χ1n) is 11.4. The van der Waals surface area contributed by atoms with E-state index in [1.54, 1.807) is 12.1 Å². The molecule has 0 aliphatic carbocycles. The molecule has 34 heavy (non-hydrogen) atoms. The van der Waals surface area contributed by atoms with Crippen LogP contribution in [-0.4, -0.2) is 21.0 Å². The van der Waals surface area contributed by atoms with E-state index in [-0.39, 0.29) is 17.4 Å². The standard InChI is InChI=1S/C28H25BrFN3O/c1-19-31-26-14-15-32(17-22-16-23(29)12-13-25(22)30)18-24(26)28(34)33(19)27(20-8-4-2-5-9-20)21-10-6-3-7-11-21/h2-13,16,27H,14-15,17-18H2,1H3. The van der Waals surface area contributed by atoms with E-state index < -0.39 is 0 Å². The third kappa shape index (κ3) is 4.48. The molecule has 0 saturated carbocycles. The van der Waals surface area contributed by atoms with Gasteiger partial charge in [-0.15, -0.1) is 0 Å². The Labute approximate surface area is 206 Å². The molecule has 0 saturated heterocycles. The van der Waals surface area contributed by atoms with E-state index in [9.17, 15) is 9.18 Å². The van der Waals surface area contributed by atoms with Crippen molar-refractivity contribution in [2.75, 3.05) is 6.54 Å². The molecule has 2 heterocycles. The van der Waals surface area contributed by atoms with Gasteiger partial charge in [0.15, 0.2) is 0 Å². The van der Waals surface area contributed by atoms with E-state index in [1.165, 1.54) is 6.07 Å². The molecule has 0 amide bonds. The van der Waals surface area contributed by atoms with Gasteiger partial charge in [-0.2, -0.15) is 0 Å². The minimum absolute atomic E-state index is 0.0281. The highest BCUT2D eigenvalue weighted by molar-refractivity contribution is 9.10. The number of nitrogens with zero attached hydrogens (tertiary/aromatic N) is 3. The SMILES string of the molecule is Cc1nc2c(c(=O)n1C(c1ccccc1)c1ccccc1)CN(Cc1cc(Br)ccc1F)CC2. The molecule has 1 aromatic heterocycles. The first-order valence-corrected chi connectivity index (χ1v) is 12.2. The second-order valence-electron chi connectivity index (χ2n) is 8.68. The zero-order valence-corrected chi connectivity index (χ0v) is 20.5. The van der Waals surface area contributed by atoms with Gasteiger partial charge in [0.05, 0.1) is 17.3 Å². The maximum absolute atomic E-state index is 14.4. The van der Waals surface area contributed by atoms with Crippen LogP contribution in [-0.2, 0) is 19.5 Å². The second-order valence-corrected chi connectivity index (χ2v) is 9.60. The summed E-state index contributed by atoms with van der Waals surface area (Å²) in [6.07, 6.45) is 0.670. The van der Waals surface area contributed by atoms with E-state index in [0.29, 0.717) is 36.5 Å². The molecular weight excluding hydrogens is 493 g/mol. The quantitative estimate of drug-likeness (QED) is 0.343. The second kappa shape index (κ2) is 9.65. The molecule has 4 aromatic rings. The smallest absolute Gasteiger partial charge is 0.259 e. The molecule has 3 aromatic carbocycles. The Balaban J connectivity index is 1.56. The van der Waals surface area contributed by atoms with Crippen LogP contribution < -0.4 is 5.56 Å². The van der Waals surface area contributed by atoms with Gasteiger partial charge in [0.25, 0.3) is 5.56 Å². The monoisotopic (exact) mass is 517 g/mol. The average molecular weight is 518 g/mol. The van der Waals surface area contributed by atoms with Gasteiger partial charge in [0.1, 0.15) is 11.6 Å². The van der Waals surface area contributed by atoms with Crippen LogP contribution in [0.1, 0.15) is 39.8 Å². The van der Waals surface area contributed by atoms with Crippen molar-refractivity contribution in [1.29, 1.82) is 0 Å². The zero-order chi connectivity index (χ0) is 23.7. The van der Waals surface area contributed by atoms with Crippen LogP contribution in [0.15, 0.2) is 88.1 Å². The van der Waals surface area contributed by atoms with Gasteiger partial charge in [-0.25, -0.2) is 9.37 Å². The van der Waals surface area contributed by atoms with Crippen molar-refractivity contribution in [3.05, 3.63) is 133 Å². The summed E-state index contributed by atoms with van der Waals surface area (Å²) in [4.78, 5) is 21.0. The summed E-state index contributed by atoms with van der Waals surface area (Å²) in [5, 5.41) is 0. The Morgan fingerprint density at radius 1 is 1.00 bits per heavy atom. The van der Waals surface area contributed by atoms with Crippen LogP contribution in [0.2, 0.25) is 0 Å². The number of benzene rings is 3. The van der Waals surface area contributed by atoms with E-state index in [1.807, 2.05) is 72.2 Å². The molecule has 0 radical (unpaired) electrons. The summed E-state index contributed by atoms with van der Waals surface area (Å²) in [6.45, 7) is 3.53. The Bertz CT molecular complexity index is 1330. The number of rotatable bonds is 5. The molecular formula is C28H25BrFN3O. The van der Waals surface area contributed by atoms with Crippen molar-refractivity contribution in [3.8, 4) is 0 Å². The van der Waals surface area contributed by atoms with Crippen LogP contribution in [0.4, 0.5) is 4.39 Å². The number of halogens is 2. The molecule has 1 aliphatic heterocycles. The lowest BCUT2D eigenvalue weighted by Crippen LogP contribution is -2.40. The number of fused-ring (bicyclic) bond motifs is 1. The number of hydrogen-bond donors (Lipinski definition) is 0. The molecule has 0 unspecified atom stereocenters. The first-order chi connectivity index (χ1) is 16.5. The Morgan fingerprint density at radius 3 is 2.29 bits per heavy atom. The molecule has 172 valence electrons. The molecule has 0 N–H and O–H groups in total. The predicted octanol–water partition coefficient (Wildman–Crippen LogP) is 5.65. The van der Waals surface area contributed by atoms with Crippen LogP contribution in [0.25, 0.3) is 0 Å². The molecule has 5 rings (SSSR count). The van der Waals surface area contributed by atoms with Gasteiger partial charge in [-0.1, -0.05) is 76.6 Å². The Morgan fingerprint density at radius 2 is 1.65 bits per heavy atom. The van der Waals surface area contributed by atoms with Gasteiger partial charge < -0.3 is 0 Å². The molecule has 6 heteroatoms. The van der Waals surface area contributed by atoms with Gasteiger partial charge in [-0.3, -0.25) is 14.3 Å². The van der Waals surface area contributed by atoms with Crippen LogP contribution in [0.5, 0.6) is 0 Å². The molecule has 0 fully saturated rings. The summed E-state index contributed by atoms with van der Waals surface area (Å²) in [7, 11) is 0. The van der Waals surface area contributed by atoms with Crippen molar-refractivity contribution in [1.82, 2.24) is 14.5 Å². The topological polar surface area (TPSA) is 38.1 Å². The first kappa shape index (κ1) is 22.7. The molecule has 4 nitrogen and oxygen atoms in total. The molecule has 0 atom stereocenters. The number of hydrogen-bond acceptors (Lipinski definition) is 3. The summed E-state index contributed by atoms with van der Waals surface area (Å²) in [5.41, 5.74) is 4.20. The van der Waals surface area contributed by atoms with Crippen LogP contribution in [0, 0.1) is 12.7 Å². The van der Waals surface area contributed by atoms with E-state index in [2.05, 4.69) is 20.8 Å². The predicted molar refractivity (Wildman–Crippen MR) is 135 cm³/mol. The zero-order valence-electron chi connectivity index (χ0n) is 18.9. The summed E-state index contributed by atoms with van der Waals surface area (Å²) < 4.78 is 17.0. The van der Waals surface area contributed by atoms with Crippen molar-refractivity contribution < 1.29 is 4.39 Å². The summed E-state index contributed by atoms with van der Waals surface area (Å²) >= 11 is 3.43. The highest BCUT2D eigenvalue weighted by Crippen LogP contribution is 2.28. The highest BCUT2D eigenvalue weighted by Gasteiger charge is 2.27. The lowest BCUT2D eigenvalue weighted by molar-refractivity contribution is 0.237. The van der Waals surface area contributed by atoms with Crippen molar-refractivity contribution >= 4 is 15.9 Å². The number of aryl methyl sites for hydroxylation is 1. The molecule has 0 bridgehead atoms. The third-order valence-electron chi connectivity index (χ3n) is 6.41. The highest BCUT2D eigenvalue weighted by atomic mass is 79.9. The maximum atomic E-state index is 14.4. The molecule has 1 aliphatic rings. The number of aromatic nitrogens is 2. The fraction of sp³-hybridized carbons (Fsp3) is 0.214. The third-order valence-corrected chi connectivity index (χ3v) is 6.90. The van der Waals surface area contributed by atoms with Gasteiger partial charge in [-0.05, 0) is 36.2 Å². The minimum Gasteiger partial charge on any atom is -0.294 e. The van der Waals surface area contributed by atoms with Gasteiger partial charge >= 0.3 is 0 Å². The average Bonchev–Trinajstić information content (AvgIpc) is 2.85. The summed E-state index contributed by atoms with van der Waals surface area (Å²) in [5.74, 6) is 0.467. The Hall–Kier alpha value is -3.09. The fourth-order valence-electron chi connectivity index (χ4n) is 4.77. The van der Waals surface area contributed by atoms with E-state index in [4.69, 9.17) is 4.98 Å². The lowest BCUT2D eigenvalue weighted by Gasteiger charge is -2.30. The van der Waals surface area contributed by atoms with Crippen LogP contribution in [0.3, 0.4) is 0 Å². The van der Waals surface area contributed by atoms with Crippen molar-refractivity contribution in [2.45, 2.75) is 32.5 Å². The van der Waals surface area contributed by atoms with Gasteiger partial charge in [0.2, 0.25) is 0 Å². The maximum Gasteiger partial charge on any atom is 0.259 e. The minimum atomic E-state index is -0.273. The largest absolute Gasteiger partial charge is 0.294 e. The van der Waals surface area contributed by atoms with Crippen molar-refractivity contribution in [3.63, 3.8) is 0 Å². The Kier molecular flexibility index (Phi) is 6.44.